The van der Waals surface area contributed by atoms with Crippen molar-refractivity contribution in [2.45, 2.75) is 19.3 Å². The number of allylic oxidation sites excluding steroid dienone is 2. The first-order valence-corrected chi connectivity index (χ1v) is 8.56. The predicted molar refractivity (Wildman–Crippen MR) is 94.0 cm³/mol. The molecule has 1 saturated heterocycles. The van der Waals surface area contributed by atoms with Crippen molar-refractivity contribution in [3.63, 3.8) is 0 Å². The summed E-state index contributed by atoms with van der Waals surface area (Å²) in [7, 11) is 0. The van der Waals surface area contributed by atoms with Gasteiger partial charge in [-0.2, -0.15) is 0 Å². The van der Waals surface area contributed by atoms with Crippen molar-refractivity contribution in [2.24, 2.45) is 0 Å². The first-order chi connectivity index (χ1) is 11.8. The summed E-state index contributed by atoms with van der Waals surface area (Å²) in [5.74, 6) is 1.48. The minimum absolute atomic E-state index is 0.0534. The molecule has 0 saturated carbocycles. The number of nitrogens with one attached hydrogen (secondary N) is 1. The molecule has 0 spiro atoms. The minimum Gasteiger partial charge on any atom is -0.454 e. The predicted octanol–water partition coefficient (Wildman–Crippen LogP) is 2.59. The van der Waals surface area contributed by atoms with E-state index in [1.165, 1.54) is 19.3 Å². The van der Waals surface area contributed by atoms with E-state index in [4.69, 9.17) is 9.47 Å². The number of carbonyl (C=O) groups is 1. The van der Waals surface area contributed by atoms with Gasteiger partial charge in [0.15, 0.2) is 11.5 Å². The third-order valence-corrected chi connectivity index (χ3v) is 4.22. The van der Waals surface area contributed by atoms with Crippen LogP contribution >= 0.6 is 0 Å². The van der Waals surface area contributed by atoms with Gasteiger partial charge in [-0.25, -0.2) is 0 Å². The molecule has 128 valence electrons. The summed E-state index contributed by atoms with van der Waals surface area (Å²) in [4.78, 5) is 14.2. The highest BCUT2D eigenvalue weighted by molar-refractivity contribution is 5.87. The Labute approximate surface area is 142 Å². The SMILES string of the molecule is O=C(/C=C/C=C/c1ccc2c(c1)OCO2)NCCN1CCCCC1. The fourth-order valence-electron chi connectivity index (χ4n) is 2.91. The van der Waals surface area contributed by atoms with Gasteiger partial charge in [0.1, 0.15) is 0 Å². The summed E-state index contributed by atoms with van der Waals surface area (Å²) >= 11 is 0. The Morgan fingerprint density at radius 2 is 1.96 bits per heavy atom. The molecule has 1 amide bonds. The van der Waals surface area contributed by atoms with E-state index in [0.29, 0.717) is 6.54 Å². The highest BCUT2D eigenvalue weighted by Crippen LogP contribution is 2.32. The summed E-state index contributed by atoms with van der Waals surface area (Å²) in [6.07, 6.45) is 11.0. The normalized spacial score (nSPS) is 17.7. The Balaban J connectivity index is 1.38. The Morgan fingerprint density at radius 3 is 2.83 bits per heavy atom. The summed E-state index contributed by atoms with van der Waals surface area (Å²) in [5.41, 5.74) is 1.01. The Morgan fingerprint density at radius 1 is 1.12 bits per heavy atom. The maximum absolute atomic E-state index is 11.8. The number of amides is 1. The van der Waals surface area contributed by atoms with Crippen molar-refractivity contribution in [1.29, 1.82) is 0 Å². The zero-order valence-corrected chi connectivity index (χ0v) is 13.9. The number of carbonyl (C=O) groups excluding carboxylic acids is 1. The van der Waals surface area contributed by atoms with Crippen LogP contribution in [0, 0.1) is 0 Å². The third-order valence-electron chi connectivity index (χ3n) is 4.22. The lowest BCUT2D eigenvalue weighted by molar-refractivity contribution is -0.116. The van der Waals surface area contributed by atoms with Gasteiger partial charge in [0, 0.05) is 19.2 Å². The smallest absolute Gasteiger partial charge is 0.244 e. The molecule has 2 heterocycles. The molecule has 0 aromatic heterocycles. The second-order valence-electron chi connectivity index (χ2n) is 6.02. The Kier molecular flexibility index (Phi) is 5.90. The number of hydrogen-bond donors (Lipinski definition) is 1. The van der Waals surface area contributed by atoms with Crippen LogP contribution in [-0.2, 0) is 4.79 Å². The van der Waals surface area contributed by atoms with Crippen molar-refractivity contribution >= 4 is 12.0 Å². The van der Waals surface area contributed by atoms with Crippen LogP contribution in [0.5, 0.6) is 11.5 Å². The molecule has 5 heteroatoms. The molecule has 2 aliphatic rings. The average molecular weight is 328 g/mol. The largest absolute Gasteiger partial charge is 0.454 e. The lowest BCUT2D eigenvalue weighted by atomic mass is 10.1. The number of piperidine rings is 1. The maximum atomic E-state index is 11.8. The minimum atomic E-state index is -0.0534. The number of fused-ring (bicyclic) bond motifs is 1. The molecule has 1 fully saturated rings. The van der Waals surface area contributed by atoms with Crippen LogP contribution < -0.4 is 14.8 Å². The number of benzene rings is 1. The number of likely N-dealkylation sites (tertiary alicyclic amines) is 1. The van der Waals surface area contributed by atoms with Crippen LogP contribution in [0.2, 0.25) is 0 Å². The van der Waals surface area contributed by atoms with E-state index in [9.17, 15) is 4.79 Å². The summed E-state index contributed by atoms with van der Waals surface area (Å²) in [6.45, 7) is 4.23. The fourth-order valence-corrected chi connectivity index (χ4v) is 2.91. The lowest BCUT2D eigenvalue weighted by Gasteiger charge is -2.26. The molecule has 0 atom stereocenters. The van der Waals surface area contributed by atoms with Crippen molar-refractivity contribution < 1.29 is 14.3 Å². The van der Waals surface area contributed by atoms with E-state index < -0.39 is 0 Å². The van der Waals surface area contributed by atoms with Gasteiger partial charge in [-0.3, -0.25) is 4.79 Å². The first-order valence-electron chi connectivity index (χ1n) is 8.56. The molecule has 1 aromatic carbocycles. The molecule has 24 heavy (non-hydrogen) atoms. The van der Waals surface area contributed by atoms with E-state index in [0.717, 1.165) is 36.7 Å². The molecule has 1 aromatic rings. The second-order valence-corrected chi connectivity index (χ2v) is 6.02. The highest BCUT2D eigenvalue weighted by atomic mass is 16.7. The summed E-state index contributed by atoms with van der Waals surface area (Å²) in [5, 5.41) is 2.92. The van der Waals surface area contributed by atoms with Gasteiger partial charge in [-0.15, -0.1) is 0 Å². The van der Waals surface area contributed by atoms with Gasteiger partial charge in [0.25, 0.3) is 0 Å². The second kappa shape index (κ2) is 8.55. The molecule has 0 bridgehead atoms. The van der Waals surface area contributed by atoms with Gasteiger partial charge >= 0.3 is 0 Å². The fraction of sp³-hybridized carbons (Fsp3) is 0.421. The number of hydrogen-bond acceptors (Lipinski definition) is 4. The number of nitrogens with zero attached hydrogens (tertiary/aromatic N) is 1. The van der Waals surface area contributed by atoms with Crippen LogP contribution in [0.25, 0.3) is 6.08 Å². The lowest BCUT2D eigenvalue weighted by Crippen LogP contribution is -2.37. The van der Waals surface area contributed by atoms with E-state index >= 15 is 0 Å². The number of ether oxygens (including phenoxy) is 2. The molecule has 2 aliphatic heterocycles. The molecule has 3 rings (SSSR count). The zero-order valence-electron chi connectivity index (χ0n) is 13.9. The topological polar surface area (TPSA) is 50.8 Å². The van der Waals surface area contributed by atoms with E-state index in [2.05, 4.69) is 10.2 Å². The molecule has 5 nitrogen and oxygen atoms in total. The molecule has 0 aliphatic carbocycles. The van der Waals surface area contributed by atoms with Crippen molar-refractivity contribution in [1.82, 2.24) is 10.2 Å². The van der Waals surface area contributed by atoms with Crippen molar-refractivity contribution in [3.05, 3.63) is 42.0 Å². The maximum Gasteiger partial charge on any atom is 0.244 e. The van der Waals surface area contributed by atoms with E-state index in [1.54, 1.807) is 12.2 Å². The monoisotopic (exact) mass is 328 g/mol. The molecule has 1 N–H and O–H groups in total. The van der Waals surface area contributed by atoms with Gasteiger partial charge in [0.2, 0.25) is 12.7 Å². The molecular weight excluding hydrogens is 304 g/mol. The number of rotatable bonds is 6. The van der Waals surface area contributed by atoms with Crippen LogP contribution in [-0.4, -0.2) is 43.8 Å². The van der Waals surface area contributed by atoms with Crippen LogP contribution in [0.15, 0.2) is 36.4 Å². The van der Waals surface area contributed by atoms with Gasteiger partial charge < -0.3 is 19.7 Å². The Bertz CT molecular complexity index is 619. The third kappa shape index (κ3) is 4.86. The van der Waals surface area contributed by atoms with Crippen LogP contribution in [0.3, 0.4) is 0 Å². The van der Waals surface area contributed by atoms with E-state index in [1.807, 2.05) is 30.4 Å². The van der Waals surface area contributed by atoms with Crippen molar-refractivity contribution in [3.8, 4) is 11.5 Å². The molecule has 0 radical (unpaired) electrons. The van der Waals surface area contributed by atoms with Crippen LogP contribution in [0.4, 0.5) is 0 Å². The van der Waals surface area contributed by atoms with Crippen molar-refractivity contribution in [2.75, 3.05) is 33.0 Å². The highest BCUT2D eigenvalue weighted by Gasteiger charge is 2.12. The summed E-state index contributed by atoms with van der Waals surface area (Å²) in [6, 6.07) is 5.76. The standard InChI is InChI=1S/C19H24N2O3/c22-19(20-10-13-21-11-4-1-5-12-21)7-3-2-6-16-8-9-17-18(14-16)24-15-23-17/h2-3,6-9,14H,1,4-5,10-13,15H2,(H,20,22)/b6-2+,7-3+. The van der Waals surface area contributed by atoms with Gasteiger partial charge in [-0.05, 0) is 43.6 Å². The summed E-state index contributed by atoms with van der Waals surface area (Å²) < 4.78 is 10.6. The van der Waals surface area contributed by atoms with Gasteiger partial charge in [-0.1, -0.05) is 30.7 Å². The van der Waals surface area contributed by atoms with Gasteiger partial charge in [0.05, 0.1) is 0 Å². The van der Waals surface area contributed by atoms with E-state index in [-0.39, 0.29) is 12.7 Å². The van der Waals surface area contributed by atoms with Crippen LogP contribution in [0.1, 0.15) is 24.8 Å². The zero-order chi connectivity index (χ0) is 16.6. The average Bonchev–Trinajstić information content (AvgIpc) is 3.07. The quantitative estimate of drug-likeness (QED) is 0.644. The molecular formula is C19H24N2O3. The molecule has 0 unspecified atom stereocenters. The first kappa shape index (κ1) is 16.6. The Hall–Kier alpha value is -2.27.